The number of hydrogen-bond donors (Lipinski definition) is 1. The maximum Gasteiger partial charge on any atom is 0.269 e. The van der Waals surface area contributed by atoms with Gasteiger partial charge in [0.1, 0.15) is 0 Å². The maximum absolute atomic E-state index is 10.7. The van der Waals surface area contributed by atoms with Gasteiger partial charge >= 0.3 is 0 Å². The van der Waals surface area contributed by atoms with E-state index < -0.39 is 0 Å². The van der Waals surface area contributed by atoms with E-state index in [2.05, 4.69) is 11.6 Å². The average Bonchev–Trinajstić information content (AvgIpc) is 2.46. The van der Waals surface area contributed by atoms with Gasteiger partial charge in [-0.2, -0.15) is 11.8 Å². The van der Waals surface area contributed by atoms with Gasteiger partial charge in [0.15, 0.2) is 0 Å². The first-order chi connectivity index (χ1) is 9.19. The van der Waals surface area contributed by atoms with E-state index in [0.717, 1.165) is 17.4 Å². The highest BCUT2D eigenvalue weighted by atomic mass is 32.2. The van der Waals surface area contributed by atoms with Crippen molar-refractivity contribution in [2.75, 3.05) is 6.26 Å². The lowest BCUT2D eigenvalue weighted by Crippen LogP contribution is -2.33. The van der Waals surface area contributed by atoms with Crippen molar-refractivity contribution in [2.24, 2.45) is 0 Å². The van der Waals surface area contributed by atoms with Crippen molar-refractivity contribution in [3.63, 3.8) is 0 Å². The van der Waals surface area contributed by atoms with Crippen LogP contribution in [0.5, 0.6) is 0 Å². The molecule has 5 heteroatoms. The van der Waals surface area contributed by atoms with E-state index in [-0.39, 0.29) is 10.6 Å². The fraction of sp³-hybridized carbons (Fsp3) is 0.571. The van der Waals surface area contributed by atoms with Gasteiger partial charge in [-0.05, 0) is 37.5 Å². The number of nitrogens with one attached hydrogen (secondary N) is 1. The van der Waals surface area contributed by atoms with Crippen LogP contribution in [0.1, 0.15) is 31.2 Å². The second-order valence-corrected chi connectivity index (χ2v) is 6.16. The topological polar surface area (TPSA) is 55.2 Å². The van der Waals surface area contributed by atoms with E-state index in [1.165, 1.54) is 31.7 Å². The molecule has 104 valence electrons. The van der Waals surface area contributed by atoms with Crippen LogP contribution in [-0.2, 0) is 6.54 Å². The molecule has 4 nitrogen and oxygen atoms in total. The van der Waals surface area contributed by atoms with Crippen molar-refractivity contribution in [2.45, 2.75) is 43.5 Å². The number of nitro benzene ring substituents is 1. The molecule has 1 aromatic rings. The van der Waals surface area contributed by atoms with E-state index in [9.17, 15) is 10.1 Å². The summed E-state index contributed by atoms with van der Waals surface area (Å²) in [5.41, 5.74) is 1.16. The van der Waals surface area contributed by atoms with E-state index in [1.807, 2.05) is 17.8 Å². The van der Waals surface area contributed by atoms with Crippen LogP contribution in [0.25, 0.3) is 0 Å². The molecule has 1 aromatic carbocycles. The Labute approximate surface area is 118 Å². The smallest absolute Gasteiger partial charge is 0.269 e. The maximum atomic E-state index is 10.7. The number of rotatable bonds is 5. The summed E-state index contributed by atoms with van der Waals surface area (Å²) in [5.74, 6) is 0. The molecule has 0 aliphatic heterocycles. The summed E-state index contributed by atoms with van der Waals surface area (Å²) in [4.78, 5) is 10.4. The van der Waals surface area contributed by atoms with Gasteiger partial charge in [-0.15, -0.1) is 0 Å². The summed E-state index contributed by atoms with van der Waals surface area (Å²) in [5, 5.41) is 15.0. The summed E-state index contributed by atoms with van der Waals surface area (Å²) in [6.07, 6.45) is 7.14. The Morgan fingerprint density at radius 1 is 1.37 bits per heavy atom. The monoisotopic (exact) mass is 280 g/mol. The van der Waals surface area contributed by atoms with Crippen molar-refractivity contribution >= 4 is 17.4 Å². The van der Waals surface area contributed by atoms with Crippen LogP contribution < -0.4 is 5.32 Å². The second kappa shape index (κ2) is 6.91. The SMILES string of the molecule is CSC1CCC(NCc2cccc([N+](=O)[O-])c2)CC1. The molecule has 0 spiro atoms. The molecule has 0 amide bonds. The van der Waals surface area contributed by atoms with Crippen molar-refractivity contribution in [1.29, 1.82) is 0 Å². The van der Waals surface area contributed by atoms with Gasteiger partial charge in [0.25, 0.3) is 5.69 Å². The van der Waals surface area contributed by atoms with Crippen LogP contribution in [0, 0.1) is 10.1 Å². The van der Waals surface area contributed by atoms with Gasteiger partial charge < -0.3 is 5.32 Å². The highest BCUT2D eigenvalue weighted by molar-refractivity contribution is 7.99. The van der Waals surface area contributed by atoms with Gasteiger partial charge in [-0.25, -0.2) is 0 Å². The summed E-state index contributed by atoms with van der Waals surface area (Å²) >= 11 is 1.96. The zero-order chi connectivity index (χ0) is 13.7. The summed E-state index contributed by atoms with van der Waals surface area (Å²) in [6.45, 7) is 0.719. The molecular weight excluding hydrogens is 260 g/mol. The lowest BCUT2D eigenvalue weighted by atomic mass is 9.95. The van der Waals surface area contributed by atoms with Crippen LogP contribution in [0.4, 0.5) is 5.69 Å². The van der Waals surface area contributed by atoms with Gasteiger partial charge in [0.2, 0.25) is 0 Å². The summed E-state index contributed by atoms with van der Waals surface area (Å²) in [6, 6.07) is 7.43. The van der Waals surface area contributed by atoms with E-state index in [4.69, 9.17) is 0 Å². The molecule has 1 N–H and O–H groups in total. The third kappa shape index (κ3) is 4.21. The minimum atomic E-state index is -0.340. The Bertz CT molecular complexity index is 431. The van der Waals surface area contributed by atoms with Crippen LogP contribution in [0.2, 0.25) is 0 Å². The van der Waals surface area contributed by atoms with Crippen molar-refractivity contribution < 1.29 is 4.92 Å². The van der Waals surface area contributed by atoms with Crippen LogP contribution >= 0.6 is 11.8 Å². The molecule has 1 aliphatic rings. The third-order valence-electron chi connectivity index (χ3n) is 3.72. The first-order valence-electron chi connectivity index (χ1n) is 6.68. The summed E-state index contributed by atoms with van der Waals surface area (Å²) < 4.78 is 0. The van der Waals surface area contributed by atoms with Crippen molar-refractivity contribution in [1.82, 2.24) is 5.32 Å². The predicted molar refractivity (Wildman–Crippen MR) is 79.5 cm³/mol. The molecule has 0 atom stereocenters. The number of nitrogens with zero attached hydrogens (tertiary/aromatic N) is 1. The lowest BCUT2D eigenvalue weighted by molar-refractivity contribution is -0.384. The molecule has 0 bridgehead atoms. The number of nitro groups is 1. The molecule has 0 heterocycles. The number of non-ortho nitro benzene ring substituents is 1. The molecule has 0 unspecified atom stereocenters. The fourth-order valence-electron chi connectivity index (χ4n) is 2.54. The standard InChI is InChI=1S/C14H20N2O2S/c1-19-14-7-5-12(6-8-14)15-10-11-3-2-4-13(9-11)16(17)18/h2-4,9,12,14-15H,5-8,10H2,1H3. The number of benzene rings is 1. The molecule has 1 saturated carbocycles. The van der Waals surface area contributed by atoms with Crippen LogP contribution in [-0.4, -0.2) is 22.5 Å². The molecule has 0 aromatic heterocycles. The van der Waals surface area contributed by atoms with Crippen LogP contribution in [0.15, 0.2) is 24.3 Å². The molecule has 19 heavy (non-hydrogen) atoms. The minimum Gasteiger partial charge on any atom is -0.310 e. The van der Waals surface area contributed by atoms with E-state index >= 15 is 0 Å². The Balaban J connectivity index is 1.82. The molecule has 0 saturated heterocycles. The third-order valence-corrected chi connectivity index (χ3v) is 4.86. The Morgan fingerprint density at radius 2 is 2.11 bits per heavy atom. The Morgan fingerprint density at radius 3 is 2.74 bits per heavy atom. The predicted octanol–water partition coefficient (Wildman–Crippen LogP) is 3.36. The first kappa shape index (κ1) is 14.3. The van der Waals surface area contributed by atoms with Gasteiger partial charge in [-0.3, -0.25) is 10.1 Å². The van der Waals surface area contributed by atoms with E-state index in [0.29, 0.717) is 6.04 Å². The molecule has 1 fully saturated rings. The summed E-state index contributed by atoms with van der Waals surface area (Å²) in [7, 11) is 0. The van der Waals surface area contributed by atoms with E-state index in [1.54, 1.807) is 12.1 Å². The first-order valence-corrected chi connectivity index (χ1v) is 7.97. The normalized spacial score (nSPS) is 23.2. The van der Waals surface area contributed by atoms with Crippen molar-refractivity contribution in [3.05, 3.63) is 39.9 Å². The largest absolute Gasteiger partial charge is 0.310 e. The highest BCUT2D eigenvalue weighted by Crippen LogP contribution is 2.27. The Hall–Kier alpha value is -1.07. The van der Waals surface area contributed by atoms with Gasteiger partial charge in [-0.1, -0.05) is 12.1 Å². The molecular formula is C14H20N2O2S. The molecule has 2 rings (SSSR count). The molecule has 1 aliphatic carbocycles. The van der Waals surface area contributed by atoms with Gasteiger partial charge in [0.05, 0.1) is 4.92 Å². The van der Waals surface area contributed by atoms with Crippen molar-refractivity contribution in [3.8, 4) is 0 Å². The number of thioether (sulfide) groups is 1. The molecule has 0 radical (unpaired) electrons. The van der Waals surface area contributed by atoms with Gasteiger partial charge in [0, 0.05) is 30.0 Å². The fourth-order valence-corrected chi connectivity index (χ4v) is 3.29. The zero-order valence-corrected chi connectivity index (χ0v) is 12.0. The minimum absolute atomic E-state index is 0.172. The Kier molecular flexibility index (Phi) is 5.22. The lowest BCUT2D eigenvalue weighted by Gasteiger charge is -2.28. The average molecular weight is 280 g/mol. The second-order valence-electron chi connectivity index (χ2n) is 5.02. The zero-order valence-electron chi connectivity index (χ0n) is 11.2. The quantitative estimate of drug-likeness (QED) is 0.663. The highest BCUT2D eigenvalue weighted by Gasteiger charge is 2.19. The number of hydrogen-bond acceptors (Lipinski definition) is 4. The van der Waals surface area contributed by atoms with Crippen LogP contribution in [0.3, 0.4) is 0 Å².